The minimum absolute atomic E-state index is 0.0454. The maximum atomic E-state index is 15.4. The van der Waals surface area contributed by atoms with Crippen molar-refractivity contribution >= 4 is 40.4 Å². The summed E-state index contributed by atoms with van der Waals surface area (Å²) in [5.41, 5.74) is 2.97. The topological polar surface area (TPSA) is 92.9 Å². The molecular formula is C22H19ClFN7O. The van der Waals surface area contributed by atoms with E-state index in [1.165, 1.54) is 25.5 Å². The van der Waals surface area contributed by atoms with Crippen molar-refractivity contribution in [2.24, 2.45) is 7.05 Å². The lowest BCUT2D eigenvalue weighted by Crippen LogP contribution is -1.96. The number of hydrogen-bond acceptors (Lipinski definition) is 4. The van der Waals surface area contributed by atoms with Gasteiger partial charge in [0.15, 0.2) is 17.3 Å². The summed E-state index contributed by atoms with van der Waals surface area (Å²) in [5.74, 6) is -0.176. The quantitative estimate of drug-likeness (QED) is 0.383. The van der Waals surface area contributed by atoms with Crippen LogP contribution in [0.5, 0.6) is 0 Å². The average molecular weight is 452 g/mol. The molecule has 32 heavy (non-hydrogen) atoms. The first-order chi connectivity index (χ1) is 15.6. The number of carbonyl (C=O) groups is 1. The van der Waals surface area contributed by atoms with Crippen LogP contribution in [0, 0.1) is 5.82 Å². The van der Waals surface area contributed by atoms with Crippen molar-refractivity contribution < 1.29 is 9.18 Å². The van der Waals surface area contributed by atoms with E-state index in [1.807, 2.05) is 30.1 Å². The van der Waals surface area contributed by atoms with Gasteiger partial charge in [0.05, 0.1) is 34.8 Å². The standard InChI is InChI=1S/C19H13ClFN7O.C3H6/c1-27-3-2-10(6-27)15-18(21)17(20)16(11-4-24-26-19(11)15)12-7-28-8-13(23-9-29)25-14(28)5-22-12;1-2-3-1/h2-9H,1H3,(H,23,29)(H,24,26);1-3H2. The summed E-state index contributed by atoms with van der Waals surface area (Å²) in [6, 6.07) is 1.81. The lowest BCUT2D eigenvalue weighted by atomic mass is 9.99. The highest BCUT2D eigenvalue weighted by molar-refractivity contribution is 6.36. The number of anilines is 1. The molecule has 6 rings (SSSR count). The molecule has 1 saturated carbocycles. The van der Waals surface area contributed by atoms with Crippen molar-refractivity contribution in [1.29, 1.82) is 0 Å². The predicted octanol–water partition coefficient (Wildman–Crippen LogP) is 4.81. The van der Waals surface area contributed by atoms with Gasteiger partial charge in [-0.25, -0.2) is 9.37 Å². The molecule has 0 atom stereocenters. The van der Waals surface area contributed by atoms with Crippen LogP contribution in [-0.4, -0.2) is 35.5 Å². The summed E-state index contributed by atoms with van der Waals surface area (Å²) in [4.78, 5) is 19.3. The van der Waals surface area contributed by atoms with Gasteiger partial charge in [-0.15, -0.1) is 0 Å². The van der Waals surface area contributed by atoms with Gasteiger partial charge in [-0.3, -0.25) is 14.9 Å². The third kappa shape index (κ3) is 3.60. The zero-order valence-corrected chi connectivity index (χ0v) is 17.9. The van der Waals surface area contributed by atoms with Gasteiger partial charge in [0.25, 0.3) is 0 Å². The third-order valence-corrected chi connectivity index (χ3v) is 5.42. The van der Waals surface area contributed by atoms with E-state index in [1.54, 1.807) is 23.0 Å². The van der Waals surface area contributed by atoms with Crippen molar-refractivity contribution in [3.8, 4) is 22.4 Å². The van der Waals surface area contributed by atoms with E-state index in [2.05, 4.69) is 25.5 Å². The van der Waals surface area contributed by atoms with Gasteiger partial charge < -0.3 is 14.3 Å². The van der Waals surface area contributed by atoms with E-state index in [-0.39, 0.29) is 5.02 Å². The summed E-state index contributed by atoms with van der Waals surface area (Å²) in [6.07, 6.45) is 15.1. The van der Waals surface area contributed by atoms with Crippen LogP contribution in [0.1, 0.15) is 19.3 Å². The van der Waals surface area contributed by atoms with Crippen LogP contribution in [0.3, 0.4) is 0 Å². The molecule has 4 aromatic heterocycles. The molecule has 0 radical (unpaired) electrons. The van der Waals surface area contributed by atoms with Gasteiger partial charge >= 0.3 is 0 Å². The Kier molecular flexibility index (Phi) is 5.10. The van der Waals surface area contributed by atoms with Crippen molar-refractivity contribution in [2.75, 3.05) is 5.32 Å². The number of aromatic nitrogens is 6. The SMILES string of the molecule is C1CC1.Cn1ccc(-c2c(F)c(Cl)c(-c3cn4cc(NC=O)nc4cn3)c3cn[nH]c23)c1. The second-order valence-electron chi connectivity index (χ2n) is 7.59. The number of carbonyl (C=O) groups excluding carboxylic acids is 1. The number of imidazole rings is 1. The van der Waals surface area contributed by atoms with Crippen LogP contribution < -0.4 is 5.32 Å². The Hall–Kier alpha value is -3.72. The number of hydrogen-bond donors (Lipinski definition) is 2. The maximum absolute atomic E-state index is 15.4. The molecule has 0 saturated heterocycles. The van der Waals surface area contributed by atoms with Crippen LogP contribution in [0.2, 0.25) is 5.02 Å². The molecule has 1 amide bonds. The monoisotopic (exact) mass is 451 g/mol. The molecule has 8 nitrogen and oxygen atoms in total. The number of amides is 1. The molecule has 1 aliphatic rings. The Morgan fingerprint density at radius 2 is 2.00 bits per heavy atom. The molecule has 4 heterocycles. The number of nitrogens with zero attached hydrogens (tertiary/aromatic N) is 5. The van der Waals surface area contributed by atoms with E-state index < -0.39 is 5.82 Å². The zero-order valence-electron chi connectivity index (χ0n) is 17.1. The Morgan fingerprint density at radius 3 is 2.69 bits per heavy atom. The lowest BCUT2D eigenvalue weighted by Gasteiger charge is -2.11. The Bertz CT molecular complexity index is 1450. The van der Waals surface area contributed by atoms with E-state index in [4.69, 9.17) is 11.6 Å². The number of aryl methyl sites for hydroxylation is 1. The first kappa shape index (κ1) is 20.2. The van der Waals surface area contributed by atoms with Crippen molar-refractivity contribution in [3.05, 3.63) is 54.1 Å². The maximum Gasteiger partial charge on any atom is 0.212 e. The predicted molar refractivity (Wildman–Crippen MR) is 121 cm³/mol. The molecule has 1 fully saturated rings. The van der Waals surface area contributed by atoms with Gasteiger partial charge in [0.2, 0.25) is 6.41 Å². The van der Waals surface area contributed by atoms with Crippen molar-refractivity contribution in [2.45, 2.75) is 19.3 Å². The molecule has 0 spiro atoms. The van der Waals surface area contributed by atoms with Gasteiger partial charge in [-0.2, -0.15) is 5.10 Å². The molecule has 0 bridgehead atoms. The van der Waals surface area contributed by atoms with E-state index >= 15 is 4.39 Å². The minimum atomic E-state index is -0.555. The fourth-order valence-electron chi connectivity index (χ4n) is 3.44. The first-order valence-corrected chi connectivity index (χ1v) is 10.5. The molecule has 1 aliphatic carbocycles. The largest absolute Gasteiger partial charge is 0.357 e. The highest BCUT2D eigenvalue weighted by atomic mass is 35.5. The van der Waals surface area contributed by atoms with Gasteiger partial charge in [0, 0.05) is 47.7 Å². The summed E-state index contributed by atoms with van der Waals surface area (Å²) < 4.78 is 18.9. The molecule has 10 heteroatoms. The number of H-pyrrole nitrogens is 1. The molecule has 0 unspecified atom stereocenters. The fourth-order valence-corrected chi connectivity index (χ4v) is 3.74. The second-order valence-corrected chi connectivity index (χ2v) is 7.97. The second kappa shape index (κ2) is 8.08. The molecule has 162 valence electrons. The van der Waals surface area contributed by atoms with Gasteiger partial charge in [0.1, 0.15) is 0 Å². The number of rotatable bonds is 4. The highest BCUT2D eigenvalue weighted by Gasteiger charge is 2.23. The summed E-state index contributed by atoms with van der Waals surface area (Å²) >= 11 is 6.48. The molecule has 1 aromatic carbocycles. The van der Waals surface area contributed by atoms with E-state index in [0.29, 0.717) is 51.2 Å². The molecular weight excluding hydrogens is 433 g/mol. The zero-order chi connectivity index (χ0) is 22.2. The lowest BCUT2D eigenvalue weighted by molar-refractivity contribution is -0.105. The number of benzene rings is 1. The van der Waals surface area contributed by atoms with Crippen LogP contribution in [-0.2, 0) is 11.8 Å². The van der Waals surface area contributed by atoms with Crippen molar-refractivity contribution in [1.82, 2.24) is 29.1 Å². The van der Waals surface area contributed by atoms with E-state index in [0.717, 1.165) is 0 Å². The number of nitrogens with one attached hydrogen (secondary N) is 2. The minimum Gasteiger partial charge on any atom is -0.357 e. The smallest absolute Gasteiger partial charge is 0.212 e. The Labute approximate surface area is 187 Å². The average Bonchev–Trinajstić information content (AvgIpc) is 3.33. The normalized spacial score (nSPS) is 12.6. The first-order valence-electron chi connectivity index (χ1n) is 10.1. The van der Waals surface area contributed by atoms with Gasteiger partial charge in [-0.05, 0) is 6.07 Å². The Morgan fingerprint density at radius 1 is 1.19 bits per heavy atom. The molecule has 5 aromatic rings. The fraction of sp³-hybridized carbons (Fsp3) is 0.182. The highest BCUT2D eigenvalue weighted by Crippen LogP contribution is 2.42. The van der Waals surface area contributed by atoms with Gasteiger partial charge in [-0.1, -0.05) is 30.9 Å². The molecule has 0 aliphatic heterocycles. The van der Waals surface area contributed by atoms with Crippen molar-refractivity contribution in [3.63, 3.8) is 0 Å². The summed E-state index contributed by atoms with van der Waals surface area (Å²) in [7, 11) is 1.86. The third-order valence-electron chi connectivity index (χ3n) is 5.07. The van der Waals surface area contributed by atoms with Crippen LogP contribution in [0.15, 0.2) is 43.2 Å². The number of fused-ring (bicyclic) bond motifs is 2. The summed E-state index contributed by atoms with van der Waals surface area (Å²) in [6.45, 7) is 0. The van der Waals surface area contributed by atoms with E-state index in [9.17, 15) is 4.79 Å². The summed E-state index contributed by atoms with van der Waals surface area (Å²) in [5, 5.41) is 10.1. The van der Waals surface area contributed by atoms with Crippen LogP contribution in [0.25, 0.3) is 38.9 Å². The van der Waals surface area contributed by atoms with Crippen LogP contribution in [0.4, 0.5) is 10.2 Å². The Balaban J connectivity index is 0.000000666. The number of aromatic amines is 1. The molecule has 2 N–H and O–H groups in total. The van der Waals surface area contributed by atoms with Crippen LogP contribution >= 0.6 is 11.6 Å². The number of halogens is 2.